The monoisotopic (exact) mass is 278 g/mol. The first-order chi connectivity index (χ1) is 10.2. The van der Waals surface area contributed by atoms with Gasteiger partial charge in [-0.25, -0.2) is 0 Å². The molecule has 0 unspecified atom stereocenters. The van der Waals surface area contributed by atoms with Gasteiger partial charge in [-0.05, 0) is 5.56 Å². The van der Waals surface area contributed by atoms with Crippen LogP contribution in [0.4, 0.5) is 0 Å². The van der Waals surface area contributed by atoms with E-state index in [1.807, 2.05) is 60.7 Å². The minimum atomic E-state index is -0.906. The Balaban J connectivity index is 2.13. The van der Waals surface area contributed by atoms with Gasteiger partial charge in [-0.3, -0.25) is 9.48 Å². The zero-order valence-corrected chi connectivity index (χ0v) is 11.3. The molecule has 4 heteroatoms. The topological polar surface area (TPSA) is 55.1 Å². The Kier molecular flexibility index (Phi) is 3.51. The van der Waals surface area contributed by atoms with Gasteiger partial charge in [0.15, 0.2) is 0 Å². The number of hydrogen-bond acceptors (Lipinski definition) is 2. The number of carbonyl (C=O) groups is 1. The molecule has 104 valence electrons. The molecule has 0 saturated carbocycles. The zero-order valence-electron chi connectivity index (χ0n) is 11.3. The van der Waals surface area contributed by atoms with E-state index in [2.05, 4.69) is 5.10 Å². The van der Waals surface area contributed by atoms with E-state index in [0.717, 1.165) is 22.4 Å². The summed E-state index contributed by atoms with van der Waals surface area (Å²) >= 11 is 0. The third-order valence-electron chi connectivity index (χ3n) is 3.19. The Morgan fingerprint density at radius 3 is 2.10 bits per heavy atom. The summed E-state index contributed by atoms with van der Waals surface area (Å²) in [5, 5.41) is 13.4. The molecule has 0 radical (unpaired) electrons. The van der Waals surface area contributed by atoms with Crippen molar-refractivity contribution in [1.29, 1.82) is 0 Å². The minimum absolute atomic E-state index is 0.146. The highest BCUT2D eigenvalue weighted by Crippen LogP contribution is 2.30. The van der Waals surface area contributed by atoms with Gasteiger partial charge in [0, 0.05) is 17.3 Å². The van der Waals surface area contributed by atoms with E-state index in [1.165, 1.54) is 4.68 Å². The standard InChI is InChI=1S/C17H14N2O2/c20-16(21)12-19-11-15(13-7-3-1-4-8-13)17(18-19)14-9-5-2-6-10-14/h1-11H,12H2,(H,20,21). The van der Waals surface area contributed by atoms with Crippen LogP contribution in [0.15, 0.2) is 66.9 Å². The normalized spacial score (nSPS) is 10.5. The minimum Gasteiger partial charge on any atom is -0.480 e. The molecule has 1 aromatic heterocycles. The third-order valence-corrected chi connectivity index (χ3v) is 3.19. The summed E-state index contributed by atoms with van der Waals surface area (Å²) in [7, 11) is 0. The van der Waals surface area contributed by atoms with Gasteiger partial charge in [0.25, 0.3) is 0 Å². The van der Waals surface area contributed by atoms with Gasteiger partial charge in [-0.1, -0.05) is 60.7 Å². The molecule has 3 aromatic rings. The molecule has 0 atom stereocenters. The predicted octanol–water partition coefficient (Wildman–Crippen LogP) is 3.30. The Bertz CT molecular complexity index is 692. The highest BCUT2D eigenvalue weighted by atomic mass is 16.4. The lowest BCUT2D eigenvalue weighted by atomic mass is 10.0. The lowest BCUT2D eigenvalue weighted by molar-refractivity contribution is -0.137. The maximum absolute atomic E-state index is 10.9. The van der Waals surface area contributed by atoms with Gasteiger partial charge >= 0.3 is 5.97 Å². The predicted molar refractivity (Wildman–Crippen MR) is 80.7 cm³/mol. The summed E-state index contributed by atoms with van der Waals surface area (Å²) in [6.45, 7) is -0.146. The van der Waals surface area contributed by atoms with E-state index in [0.29, 0.717) is 0 Å². The van der Waals surface area contributed by atoms with Crippen molar-refractivity contribution in [1.82, 2.24) is 9.78 Å². The average molecular weight is 278 g/mol. The summed E-state index contributed by atoms with van der Waals surface area (Å²) in [6.07, 6.45) is 1.78. The lowest BCUT2D eigenvalue weighted by Gasteiger charge is -2.02. The number of hydrogen-bond donors (Lipinski definition) is 1. The molecule has 0 amide bonds. The van der Waals surface area contributed by atoms with E-state index in [-0.39, 0.29) is 6.54 Å². The summed E-state index contributed by atoms with van der Waals surface area (Å²) in [5.74, 6) is -0.906. The molecule has 0 spiro atoms. The molecule has 21 heavy (non-hydrogen) atoms. The van der Waals surface area contributed by atoms with Crippen LogP contribution in [-0.4, -0.2) is 20.9 Å². The summed E-state index contributed by atoms with van der Waals surface area (Å²) in [6, 6.07) is 19.6. The van der Waals surface area contributed by atoms with E-state index in [4.69, 9.17) is 5.11 Å². The second kappa shape index (κ2) is 5.63. The fourth-order valence-corrected chi connectivity index (χ4v) is 2.28. The second-order valence-corrected chi connectivity index (χ2v) is 4.71. The number of nitrogens with zero attached hydrogens (tertiary/aromatic N) is 2. The lowest BCUT2D eigenvalue weighted by Crippen LogP contribution is -2.08. The van der Waals surface area contributed by atoms with Crippen LogP contribution in [0.25, 0.3) is 22.4 Å². The molecule has 4 nitrogen and oxygen atoms in total. The first kappa shape index (κ1) is 13.1. The van der Waals surface area contributed by atoms with Crippen molar-refractivity contribution in [2.45, 2.75) is 6.54 Å². The number of rotatable bonds is 4. The molecule has 3 rings (SSSR count). The molecule has 1 N–H and O–H groups in total. The Morgan fingerprint density at radius 1 is 0.952 bits per heavy atom. The highest BCUT2D eigenvalue weighted by Gasteiger charge is 2.13. The summed E-state index contributed by atoms with van der Waals surface area (Å²) in [4.78, 5) is 10.9. The highest BCUT2D eigenvalue weighted by molar-refractivity contribution is 5.80. The maximum atomic E-state index is 10.9. The van der Waals surface area contributed by atoms with Crippen molar-refractivity contribution in [2.24, 2.45) is 0 Å². The van der Waals surface area contributed by atoms with E-state index >= 15 is 0 Å². The molecular weight excluding hydrogens is 264 g/mol. The number of carboxylic acids is 1. The van der Waals surface area contributed by atoms with Gasteiger partial charge < -0.3 is 5.11 Å². The fraction of sp³-hybridized carbons (Fsp3) is 0.0588. The quantitative estimate of drug-likeness (QED) is 0.796. The van der Waals surface area contributed by atoms with Crippen LogP contribution < -0.4 is 0 Å². The van der Waals surface area contributed by atoms with Crippen LogP contribution in [0.5, 0.6) is 0 Å². The molecule has 0 aliphatic heterocycles. The Hall–Kier alpha value is -2.88. The van der Waals surface area contributed by atoms with Crippen LogP contribution in [0.2, 0.25) is 0 Å². The Labute approximate surface area is 122 Å². The number of carboxylic acid groups (broad SMARTS) is 1. The molecule has 0 saturated heterocycles. The number of benzene rings is 2. The maximum Gasteiger partial charge on any atom is 0.325 e. The van der Waals surface area contributed by atoms with Crippen LogP contribution in [-0.2, 0) is 11.3 Å². The van der Waals surface area contributed by atoms with Gasteiger partial charge in [0.1, 0.15) is 12.2 Å². The second-order valence-electron chi connectivity index (χ2n) is 4.71. The van der Waals surface area contributed by atoms with Crippen molar-refractivity contribution >= 4 is 5.97 Å². The van der Waals surface area contributed by atoms with Crippen molar-refractivity contribution in [3.8, 4) is 22.4 Å². The van der Waals surface area contributed by atoms with Crippen molar-refractivity contribution in [3.05, 3.63) is 66.9 Å². The molecule has 0 aliphatic carbocycles. The van der Waals surface area contributed by atoms with E-state index < -0.39 is 5.97 Å². The van der Waals surface area contributed by atoms with Gasteiger partial charge in [-0.15, -0.1) is 0 Å². The first-order valence-corrected chi connectivity index (χ1v) is 6.64. The van der Waals surface area contributed by atoms with Crippen LogP contribution in [0.3, 0.4) is 0 Å². The van der Waals surface area contributed by atoms with Crippen LogP contribution in [0.1, 0.15) is 0 Å². The van der Waals surface area contributed by atoms with Gasteiger partial charge in [0.05, 0.1) is 0 Å². The van der Waals surface area contributed by atoms with Crippen LogP contribution >= 0.6 is 0 Å². The first-order valence-electron chi connectivity index (χ1n) is 6.64. The van der Waals surface area contributed by atoms with Gasteiger partial charge in [-0.2, -0.15) is 5.10 Å². The van der Waals surface area contributed by atoms with Crippen molar-refractivity contribution in [3.63, 3.8) is 0 Å². The number of aromatic nitrogens is 2. The average Bonchev–Trinajstić information content (AvgIpc) is 2.92. The van der Waals surface area contributed by atoms with E-state index in [9.17, 15) is 4.79 Å². The molecular formula is C17H14N2O2. The summed E-state index contributed by atoms with van der Waals surface area (Å²) < 4.78 is 1.47. The van der Waals surface area contributed by atoms with Crippen molar-refractivity contribution < 1.29 is 9.90 Å². The van der Waals surface area contributed by atoms with Crippen molar-refractivity contribution in [2.75, 3.05) is 0 Å². The molecule has 0 fully saturated rings. The summed E-state index contributed by atoms with van der Waals surface area (Å²) in [5.41, 5.74) is 3.72. The fourth-order valence-electron chi connectivity index (χ4n) is 2.28. The number of aliphatic carboxylic acids is 1. The molecule has 0 aliphatic rings. The van der Waals surface area contributed by atoms with Gasteiger partial charge in [0.2, 0.25) is 0 Å². The Morgan fingerprint density at radius 2 is 1.52 bits per heavy atom. The third kappa shape index (κ3) is 2.84. The largest absolute Gasteiger partial charge is 0.480 e. The molecule has 1 heterocycles. The van der Waals surface area contributed by atoms with E-state index in [1.54, 1.807) is 6.20 Å². The molecule has 2 aromatic carbocycles. The smallest absolute Gasteiger partial charge is 0.325 e. The SMILES string of the molecule is O=C(O)Cn1cc(-c2ccccc2)c(-c2ccccc2)n1. The van der Waals surface area contributed by atoms with Crippen LogP contribution in [0, 0.1) is 0 Å². The molecule has 0 bridgehead atoms. The zero-order chi connectivity index (χ0) is 14.7.